The summed E-state index contributed by atoms with van der Waals surface area (Å²) < 4.78 is 0. The molecule has 1 aliphatic carbocycles. The normalized spacial score (nSPS) is 25.7. The number of pyridine rings is 1. The molecule has 0 spiro atoms. The monoisotopic (exact) mass is 331 g/mol. The second kappa shape index (κ2) is 7.03. The van der Waals surface area contributed by atoms with Gasteiger partial charge in [-0.15, -0.1) is 0 Å². The minimum atomic E-state index is -0.671. The Morgan fingerprint density at radius 1 is 1.29 bits per heavy atom. The van der Waals surface area contributed by atoms with E-state index in [1.807, 2.05) is 0 Å². The van der Waals surface area contributed by atoms with Gasteiger partial charge in [-0.3, -0.25) is 0 Å². The van der Waals surface area contributed by atoms with Crippen LogP contribution in [0.4, 0.5) is 11.6 Å². The lowest BCUT2D eigenvalue weighted by molar-refractivity contribution is 0.00223. The van der Waals surface area contributed by atoms with Crippen LogP contribution in [0.5, 0.6) is 0 Å². The predicted molar refractivity (Wildman–Crippen MR) is 89.5 cm³/mol. The maximum Gasteiger partial charge on any atom is 0.147 e. The van der Waals surface area contributed by atoms with Crippen molar-refractivity contribution in [2.45, 2.75) is 44.6 Å². The van der Waals surface area contributed by atoms with E-state index < -0.39 is 5.60 Å². The van der Waals surface area contributed by atoms with E-state index in [-0.39, 0.29) is 0 Å². The summed E-state index contributed by atoms with van der Waals surface area (Å²) in [6.45, 7) is 2.67. The summed E-state index contributed by atoms with van der Waals surface area (Å²) in [5, 5.41) is 17.7. The van der Waals surface area contributed by atoms with Gasteiger partial charge in [0.1, 0.15) is 11.6 Å². The molecule has 2 rings (SSSR count). The average Bonchev–Trinajstić information content (AvgIpc) is 2.47. The van der Waals surface area contributed by atoms with Gasteiger partial charge < -0.3 is 15.7 Å². The highest BCUT2D eigenvalue weighted by Gasteiger charge is 2.32. The largest absolute Gasteiger partial charge is 0.388 e. The molecular weight excluding hydrogens is 309 g/mol. The molecule has 1 heterocycles. The van der Waals surface area contributed by atoms with E-state index >= 15 is 0 Å². The summed E-state index contributed by atoms with van der Waals surface area (Å²) in [6, 6.07) is 1.66. The molecule has 0 amide bonds. The van der Waals surface area contributed by atoms with Gasteiger partial charge >= 0.3 is 0 Å². The molecule has 6 heteroatoms. The number of rotatable bonds is 5. The summed E-state index contributed by atoms with van der Waals surface area (Å²) in [5.74, 6) is 1.88. The molecule has 3 N–H and O–H groups in total. The van der Waals surface area contributed by atoms with Crippen molar-refractivity contribution >= 4 is 34.8 Å². The summed E-state index contributed by atoms with van der Waals surface area (Å²) >= 11 is 12.2. The quantitative estimate of drug-likeness (QED) is 0.757. The fourth-order valence-corrected chi connectivity index (χ4v) is 3.33. The van der Waals surface area contributed by atoms with E-state index in [9.17, 15) is 5.11 Å². The number of hydrogen-bond acceptors (Lipinski definition) is 4. The van der Waals surface area contributed by atoms with E-state index in [0.717, 1.165) is 31.6 Å². The molecular formula is C15H23Cl2N3O. The van der Waals surface area contributed by atoms with Gasteiger partial charge in [-0.1, -0.05) is 36.5 Å². The maximum atomic E-state index is 10.6. The molecule has 21 heavy (non-hydrogen) atoms. The van der Waals surface area contributed by atoms with E-state index in [1.54, 1.807) is 13.1 Å². The topological polar surface area (TPSA) is 57.2 Å². The van der Waals surface area contributed by atoms with Crippen molar-refractivity contribution in [3.63, 3.8) is 0 Å². The van der Waals surface area contributed by atoms with Crippen molar-refractivity contribution in [2.75, 3.05) is 24.2 Å². The van der Waals surface area contributed by atoms with Crippen LogP contribution in [-0.4, -0.2) is 29.3 Å². The van der Waals surface area contributed by atoms with Gasteiger partial charge in [0.05, 0.1) is 15.6 Å². The van der Waals surface area contributed by atoms with Crippen molar-refractivity contribution in [2.24, 2.45) is 5.92 Å². The molecule has 118 valence electrons. The van der Waals surface area contributed by atoms with Gasteiger partial charge in [0.25, 0.3) is 0 Å². The van der Waals surface area contributed by atoms with Crippen molar-refractivity contribution in [3.8, 4) is 0 Å². The Balaban J connectivity index is 2.00. The van der Waals surface area contributed by atoms with Gasteiger partial charge in [0.15, 0.2) is 0 Å². The number of hydrogen-bond donors (Lipinski definition) is 3. The fourth-order valence-electron chi connectivity index (χ4n) is 2.81. The molecule has 0 saturated heterocycles. The van der Waals surface area contributed by atoms with E-state index in [1.165, 1.54) is 6.42 Å². The second-order valence-corrected chi connectivity index (χ2v) is 6.64. The molecule has 1 saturated carbocycles. The molecule has 1 aliphatic rings. The van der Waals surface area contributed by atoms with E-state index in [0.29, 0.717) is 28.2 Å². The summed E-state index contributed by atoms with van der Waals surface area (Å²) in [6.07, 6.45) is 5.00. The third-order valence-corrected chi connectivity index (χ3v) is 4.94. The first-order chi connectivity index (χ1) is 9.97. The molecule has 1 fully saturated rings. The van der Waals surface area contributed by atoms with E-state index in [4.69, 9.17) is 23.2 Å². The third-order valence-electron chi connectivity index (χ3n) is 4.36. The SMILES string of the molecule is CCC1CCC(O)(CNc2nc(NC)c(Cl)cc2Cl)CC1. The third kappa shape index (κ3) is 4.15. The standard InChI is InChI=1S/C15H23Cl2N3O/c1-3-10-4-6-15(21,7-5-10)9-19-14-12(17)8-11(16)13(18-2)20-14/h8,10,21H,3-7,9H2,1-2H3,(H2,18,19,20). The number of anilines is 2. The molecule has 1 aromatic heterocycles. The second-order valence-electron chi connectivity index (χ2n) is 5.83. The molecule has 0 aromatic carbocycles. The molecule has 0 unspecified atom stereocenters. The summed E-state index contributed by atoms with van der Waals surface area (Å²) in [4.78, 5) is 4.34. The van der Waals surface area contributed by atoms with Crippen molar-refractivity contribution in [3.05, 3.63) is 16.1 Å². The Bertz CT molecular complexity index is 488. The number of aliphatic hydroxyl groups is 1. The smallest absolute Gasteiger partial charge is 0.147 e. The highest BCUT2D eigenvalue weighted by atomic mass is 35.5. The number of halogens is 2. The minimum absolute atomic E-state index is 0.459. The van der Waals surface area contributed by atoms with Gasteiger partial charge in [-0.05, 0) is 37.7 Å². The first-order valence-corrected chi connectivity index (χ1v) is 8.23. The lowest BCUT2D eigenvalue weighted by Gasteiger charge is -2.36. The zero-order valence-electron chi connectivity index (χ0n) is 12.5. The first-order valence-electron chi connectivity index (χ1n) is 7.47. The molecule has 0 radical (unpaired) electrons. The summed E-state index contributed by atoms with van der Waals surface area (Å²) in [7, 11) is 1.76. The number of nitrogens with zero attached hydrogens (tertiary/aromatic N) is 1. The van der Waals surface area contributed by atoms with Crippen LogP contribution in [0.15, 0.2) is 6.07 Å². The van der Waals surface area contributed by atoms with Gasteiger partial charge in [0.2, 0.25) is 0 Å². The molecule has 0 aliphatic heterocycles. The molecule has 4 nitrogen and oxygen atoms in total. The lowest BCUT2D eigenvalue weighted by atomic mass is 9.78. The Hall–Kier alpha value is -0.710. The first kappa shape index (κ1) is 16.7. The average molecular weight is 332 g/mol. The van der Waals surface area contributed by atoms with Crippen LogP contribution in [-0.2, 0) is 0 Å². The van der Waals surface area contributed by atoms with Crippen LogP contribution in [0.1, 0.15) is 39.0 Å². The van der Waals surface area contributed by atoms with Crippen LogP contribution in [0.3, 0.4) is 0 Å². The maximum absolute atomic E-state index is 10.6. The minimum Gasteiger partial charge on any atom is -0.388 e. The zero-order chi connectivity index (χ0) is 15.5. The van der Waals surface area contributed by atoms with Crippen LogP contribution in [0.25, 0.3) is 0 Å². The Kier molecular flexibility index (Phi) is 5.58. The lowest BCUT2D eigenvalue weighted by Crippen LogP contribution is -2.40. The van der Waals surface area contributed by atoms with Crippen molar-refractivity contribution < 1.29 is 5.11 Å². The zero-order valence-corrected chi connectivity index (χ0v) is 14.1. The number of aromatic nitrogens is 1. The highest BCUT2D eigenvalue weighted by Crippen LogP contribution is 2.35. The van der Waals surface area contributed by atoms with Crippen LogP contribution >= 0.6 is 23.2 Å². The van der Waals surface area contributed by atoms with Crippen LogP contribution < -0.4 is 10.6 Å². The Morgan fingerprint density at radius 2 is 1.90 bits per heavy atom. The van der Waals surface area contributed by atoms with Gasteiger partial charge in [0, 0.05) is 13.6 Å². The van der Waals surface area contributed by atoms with Crippen molar-refractivity contribution in [1.29, 1.82) is 0 Å². The summed E-state index contributed by atoms with van der Waals surface area (Å²) in [5.41, 5.74) is -0.671. The fraction of sp³-hybridized carbons (Fsp3) is 0.667. The highest BCUT2D eigenvalue weighted by molar-refractivity contribution is 6.37. The van der Waals surface area contributed by atoms with Crippen LogP contribution in [0, 0.1) is 5.92 Å². The van der Waals surface area contributed by atoms with Crippen LogP contribution in [0.2, 0.25) is 10.0 Å². The Morgan fingerprint density at radius 3 is 2.48 bits per heavy atom. The van der Waals surface area contributed by atoms with Gasteiger partial charge in [-0.25, -0.2) is 4.98 Å². The van der Waals surface area contributed by atoms with Crippen molar-refractivity contribution in [1.82, 2.24) is 4.98 Å². The van der Waals surface area contributed by atoms with E-state index in [2.05, 4.69) is 22.5 Å². The number of nitrogens with one attached hydrogen (secondary N) is 2. The van der Waals surface area contributed by atoms with Gasteiger partial charge in [-0.2, -0.15) is 0 Å². The molecule has 0 atom stereocenters. The molecule has 0 bridgehead atoms. The Labute approximate surface area is 136 Å². The molecule has 1 aromatic rings. The predicted octanol–water partition coefficient (Wildman–Crippen LogP) is 4.17.